The Kier molecular flexibility index (Phi) is 5.80. The maximum Gasteiger partial charge on any atom is 0.267 e. The molecule has 4 aromatic rings. The molecule has 0 bridgehead atoms. The van der Waals surface area contributed by atoms with Crippen molar-refractivity contribution in [2.45, 2.75) is 13.0 Å². The molecule has 1 amide bonds. The average Bonchev–Trinajstić information content (AvgIpc) is 3.20. The minimum atomic E-state index is -0.0857. The van der Waals surface area contributed by atoms with Gasteiger partial charge in [-0.2, -0.15) is 0 Å². The number of hydrogen-bond acceptors (Lipinski definition) is 3. The second kappa shape index (κ2) is 8.47. The molecular formula is C21H17BrClN3OS. The van der Waals surface area contributed by atoms with Gasteiger partial charge in [0.05, 0.1) is 14.0 Å². The van der Waals surface area contributed by atoms with Crippen molar-refractivity contribution in [2.75, 3.05) is 6.54 Å². The van der Waals surface area contributed by atoms with Crippen LogP contribution in [0.5, 0.6) is 0 Å². The van der Waals surface area contributed by atoms with E-state index in [4.69, 9.17) is 11.6 Å². The Morgan fingerprint density at radius 2 is 2.07 bits per heavy atom. The van der Waals surface area contributed by atoms with Crippen molar-refractivity contribution in [3.05, 3.63) is 86.6 Å². The summed E-state index contributed by atoms with van der Waals surface area (Å²) in [5.41, 5.74) is 3.69. The number of pyridine rings is 1. The van der Waals surface area contributed by atoms with Gasteiger partial charge in [0.15, 0.2) is 0 Å². The lowest BCUT2D eigenvalue weighted by Gasteiger charge is -2.11. The predicted molar refractivity (Wildman–Crippen MR) is 118 cm³/mol. The Labute approximate surface area is 180 Å². The number of thiophene rings is 1. The third kappa shape index (κ3) is 4.29. The maximum atomic E-state index is 12.9. The fraction of sp³-hybridized carbons (Fsp3) is 0.143. The molecule has 3 aromatic heterocycles. The van der Waals surface area contributed by atoms with Crippen molar-refractivity contribution >= 4 is 55.0 Å². The summed E-state index contributed by atoms with van der Waals surface area (Å²) in [5.74, 6) is -0.0857. The quantitative estimate of drug-likeness (QED) is 0.399. The third-order valence-electron chi connectivity index (χ3n) is 4.41. The Morgan fingerprint density at radius 3 is 2.86 bits per heavy atom. The van der Waals surface area contributed by atoms with Gasteiger partial charge < -0.3 is 9.88 Å². The second-order valence-corrected chi connectivity index (χ2v) is 9.27. The van der Waals surface area contributed by atoms with Crippen molar-refractivity contribution < 1.29 is 4.79 Å². The Hall–Kier alpha value is -2.15. The van der Waals surface area contributed by atoms with E-state index in [1.165, 1.54) is 0 Å². The number of carbonyl (C=O) groups is 1. The first kappa shape index (κ1) is 19.2. The Morgan fingerprint density at radius 1 is 1.18 bits per heavy atom. The van der Waals surface area contributed by atoms with E-state index in [1.807, 2.05) is 53.1 Å². The second-order valence-electron chi connectivity index (χ2n) is 6.37. The van der Waals surface area contributed by atoms with Gasteiger partial charge in [-0.1, -0.05) is 29.8 Å². The van der Waals surface area contributed by atoms with Crippen LogP contribution in [0.3, 0.4) is 0 Å². The van der Waals surface area contributed by atoms with Gasteiger partial charge in [-0.25, -0.2) is 0 Å². The molecule has 0 radical (unpaired) electrons. The monoisotopic (exact) mass is 473 g/mol. The van der Waals surface area contributed by atoms with Gasteiger partial charge in [0, 0.05) is 36.4 Å². The summed E-state index contributed by atoms with van der Waals surface area (Å²) in [4.78, 5) is 17.2. The predicted octanol–water partition coefficient (Wildman–Crippen LogP) is 5.53. The van der Waals surface area contributed by atoms with Crippen LogP contribution in [0.25, 0.3) is 10.2 Å². The maximum absolute atomic E-state index is 12.9. The van der Waals surface area contributed by atoms with Crippen LogP contribution in [-0.4, -0.2) is 22.0 Å². The zero-order valence-electron chi connectivity index (χ0n) is 14.9. The van der Waals surface area contributed by atoms with Gasteiger partial charge in [0.1, 0.15) is 5.69 Å². The fourth-order valence-corrected chi connectivity index (χ4v) is 4.91. The average molecular weight is 475 g/mol. The van der Waals surface area contributed by atoms with Crippen LogP contribution in [0, 0.1) is 0 Å². The smallest absolute Gasteiger partial charge is 0.267 e. The van der Waals surface area contributed by atoms with E-state index in [2.05, 4.69) is 32.3 Å². The minimum absolute atomic E-state index is 0.0857. The van der Waals surface area contributed by atoms with Gasteiger partial charge >= 0.3 is 0 Å². The van der Waals surface area contributed by atoms with Crippen LogP contribution in [0.4, 0.5) is 0 Å². The summed E-state index contributed by atoms with van der Waals surface area (Å²) in [6.45, 7) is 1.12. The molecular weight excluding hydrogens is 458 g/mol. The molecule has 0 aliphatic rings. The molecule has 4 nitrogen and oxygen atoms in total. The zero-order chi connectivity index (χ0) is 19.5. The lowest BCUT2D eigenvalue weighted by molar-refractivity contribution is 0.0945. The number of hydrogen-bond donors (Lipinski definition) is 1. The number of amides is 1. The van der Waals surface area contributed by atoms with E-state index in [1.54, 1.807) is 17.5 Å². The van der Waals surface area contributed by atoms with E-state index < -0.39 is 0 Å². The highest BCUT2D eigenvalue weighted by Crippen LogP contribution is 2.33. The fourth-order valence-electron chi connectivity index (χ4n) is 3.13. The number of nitrogens with zero attached hydrogens (tertiary/aromatic N) is 2. The summed E-state index contributed by atoms with van der Waals surface area (Å²) in [5, 5.41) is 3.71. The number of benzene rings is 1. The van der Waals surface area contributed by atoms with E-state index in [9.17, 15) is 4.79 Å². The summed E-state index contributed by atoms with van der Waals surface area (Å²) >= 11 is 11.3. The molecule has 28 heavy (non-hydrogen) atoms. The number of halogens is 2. The molecule has 7 heteroatoms. The molecule has 0 atom stereocenters. The first-order valence-corrected chi connectivity index (χ1v) is 10.8. The molecule has 3 heterocycles. The van der Waals surface area contributed by atoms with Gasteiger partial charge in [0.25, 0.3) is 5.91 Å². The Bertz CT molecular complexity index is 1120. The van der Waals surface area contributed by atoms with Crippen molar-refractivity contribution in [3.63, 3.8) is 0 Å². The summed E-state index contributed by atoms with van der Waals surface area (Å²) < 4.78 is 4.15. The molecule has 1 aromatic carbocycles. The lowest BCUT2D eigenvalue weighted by atomic mass is 10.2. The molecule has 0 saturated heterocycles. The molecule has 4 rings (SSSR count). The van der Waals surface area contributed by atoms with Crippen LogP contribution in [0.1, 0.15) is 21.7 Å². The number of fused-ring (bicyclic) bond motifs is 1. The van der Waals surface area contributed by atoms with Crippen LogP contribution >= 0.6 is 38.9 Å². The first-order chi connectivity index (χ1) is 13.6. The Balaban J connectivity index is 1.57. The largest absolute Gasteiger partial charge is 0.350 e. The number of nitrogens with one attached hydrogen (secondary N) is 1. The summed E-state index contributed by atoms with van der Waals surface area (Å²) in [6, 6.07) is 17.5. The molecule has 0 aliphatic heterocycles. The molecule has 0 fully saturated rings. The van der Waals surface area contributed by atoms with E-state index in [0.717, 1.165) is 25.3 Å². The number of carbonyl (C=O) groups excluding carboxylic acids is 1. The highest BCUT2D eigenvalue weighted by atomic mass is 79.9. The van der Waals surface area contributed by atoms with Crippen molar-refractivity contribution in [2.24, 2.45) is 0 Å². The molecule has 1 N–H and O–H groups in total. The van der Waals surface area contributed by atoms with Crippen molar-refractivity contribution in [1.29, 1.82) is 0 Å². The van der Waals surface area contributed by atoms with Gasteiger partial charge in [-0.05, 0) is 57.9 Å². The van der Waals surface area contributed by atoms with E-state index in [-0.39, 0.29) is 5.91 Å². The summed E-state index contributed by atoms with van der Waals surface area (Å²) in [6.07, 6.45) is 2.46. The number of rotatable bonds is 6. The topological polar surface area (TPSA) is 46.9 Å². The highest BCUT2D eigenvalue weighted by molar-refractivity contribution is 9.11. The molecule has 0 unspecified atom stereocenters. The molecule has 0 aliphatic carbocycles. The van der Waals surface area contributed by atoms with E-state index >= 15 is 0 Å². The molecule has 0 saturated carbocycles. The normalized spacial score (nSPS) is 11.1. The van der Waals surface area contributed by atoms with Crippen LogP contribution in [0.2, 0.25) is 5.02 Å². The lowest BCUT2D eigenvalue weighted by Crippen LogP contribution is -2.28. The SMILES string of the molecule is O=C(NCCc1ccccn1)c1cc2sc(Br)cc2n1Cc1cccc(Cl)c1. The number of aromatic nitrogens is 2. The highest BCUT2D eigenvalue weighted by Gasteiger charge is 2.18. The zero-order valence-corrected chi connectivity index (χ0v) is 18.0. The van der Waals surface area contributed by atoms with Crippen molar-refractivity contribution in [3.8, 4) is 0 Å². The van der Waals surface area contributed by atoms with E-state index in [0.29, 0.717) is 30.2 Å². The standard InChI is InChI=1S/C21H17BrClN3OS/c22-20-12-17-19(28-20)11-18(26(17)13-14-4-3-5-15(23)10-14)21(27)25-9-7-16-6-1-2-8-24-16/h1-6,8,10-12H,7,9,13H2,(H,25,27). The van der Waals surface area contributed by atoms with Gasteiger partial charge in [0.2, 0.25) is 0 Å². The van der Waals surface area contributed by atoms with Gasteiger partial charge in [-0.3, -0.25) is 9.78 Å². The van der Waals surface area contributed by atoms with Crippen molar-refractivity contribution in [1.82, 2.24) is 14.9 Å². The van der Waals surface area contributed by atoms with Crippen LogP contribution in [-0.2, 0) is 13.0 Å². The summed E-state index contributed by atoms with van der Waals surface area (Å²) in [7, 11) is 0. The first-order valence-electron chi connectivity index (χ1n) is 8.81. The molecule has 142 valence electrons. The van der Waals surface area contributed by atoms with Crippen LogP contribution < -0.4 is 5.32 Å². The van der Waals surface area contributed by atoms with Crippen LogP contribution in [0.15, 0.2) is 64.6 Å². The minimum Gasteiger partial charge on any atom is -0.350 e. The third-order valence-corrected chi connectivity index (χ3v) is 6.22. The van der Waals surface area contributed by atoms with Gasteiger partial charge in [-0.15, -0.1) is 11.3 Å². The molecule has 0 spiro atoms.